The van der Waals surface area contributed by atoms with Gasteiger partial charge in [-0.25, -0.2) is 0 Å². The van der Waals surface area contributed by atoms with Crippen LogP contribution in [-0.4, -0.2) is 10.3 Å². The summed E-state index contributed by atoms with van der Waals surface area (Å²) in [7, 11) is 0. The van der Waals surface area contributed by atoms with E-state index >= 15 is 0 Å². The van der Waals surface area contributed by atoms with Crippen LogP contribution < -0.4 is 10.5 Å². The fourth-order valence-electron chi connectivity index (χ4n) is 1.12. The molecule has 2 aromatic rings. The van der Waals surface area contributed by atoms with E-state index in [2.05, 4.69) is 5.16 Å². The summed E-state index contributed by atoms with van der Waals surface area (Å²) < 4.78 is 10.2. The smallest absolute Gasteiger partial charge is 0.176 e. The highest BCUT2D eigenvalue weighted by atomic mass is 16.5. The highest BCUT2D eigenvalue weighted by molar-refractivity contribution is 5.32. The Morgan fingerprint density at radius 2 is 2.27 bits per heavy atom. The van der Waals surface area contributed by atoms with Crippen molar-refractivity contribution >= 4 is 5.82 Å². The lowest BCUT2D eigenvalue weighted by molar-refractivity contribution is 0.249. The molecule has 1 aromatic heterocycles. The fourth-order valence-corrected chi connectivity index (χ4v) is 1.12. The van der Waals surface area contributed by atoms with Crippen molar-refractivity contribution in [3.63, 3.8) is 0 Å². The first kappa shape index (κ1) is 9.39. The van der Waals surface area contributed by atoms with E-state index in [9.17, 15) is 5.11 Å². The molecule has 0 spiro atoms. The summed E-state index contributed by atoms with van der Waals surface area (Å²) in [5, 5.41) is 12.7. The second kappa shape index (κ2) is 3.91. The Morgan fingerprint density at radius 1 is 1.40 bits per heavy atom. The summed E-state index contributed by atoms with van der Waals surface area (Å²) in [6.07, 6.45) is 0. The lowest BCUT2D eigenvalue weighted by Crippen LogP contribution is -1.93. The molecule has 3 N–H and O–H groups in total. The molecule has 15 heavy (non-hydrogen) atoms. The SMILES string of the molecule is Nc1cc(COc2cccc(O)c2)on1. The second-order valence-corrected chi connectivity index (χ2v) is 3.00. The average molecular weight is 206 g/mol. The Balaban J connectivity index is 1.99. The minimum atomic E-state index is 0.157. The van der Waals surface area contributed by atoms with Crippen LogP contribution in [0.5, 0.6) is 11.5 Å². The molecule has 2 rings (SSSR count). The number of benzene rings is 1. The number of nitrogens with two attached hydrogens (primary N) is 1. The molecule has 0 aliphatic carbocycles. The molecule has 1 heterocycles. The predicted molar refractivity (Wildman–Crippen MR) is 53.4 cm³/mol. The molecule has 0 saturated carbocycles. The zero-order valence-corrected chi connectivity index (χ0v) is 7.88. The van der Waals surface area contributed by atoms with Gasteiger partial charge in [0.15, 0.2) is 11.6 Å². The molecular formula is C10H10N2O3. The topological polar surface area (TPSA) is 81.5 Å². The van der Waals surface area contributed by atoms with Gasteiger partial charge in [0.25, 0.3) is 0 Å². The molecule has 5 heteroatoms. The van der Waals surface area contributed by atoms with E-state index in [1.165, 1.54) is 6.07 Å². The zero-order chi connectivity index (χ0) is 10.7. The van der Waals surface area contributed by atoms with Crippen LogP contribution in [0.3, 0.4) is 0 Å². The van der Waals surface area contributed by atoms with Crippen LogP contribution in [0.2, 0.25) is 0 Å². The highest BCUT2D eigenvalue weighted by Gasteiger charge is 2.02. The second-order valence-electron chi connectivity index (χ2n) is 3.00. The number of hydrogen-bond acceptors (Lipinski definition) is 5. The molecule has 5 nitrogen and oxygen atoms in total. The Morgan fingerprint density at radius 3 is 2.93 bits per heavy atom. The van der Waals surface area contributed by atoms with E-state index in [0.29, 0.717) is 17.3 Å². The minimum Gasteiger partial charge on any atom is -0.508 e. The summed E-state index contributed by atoms with van der Waals surface area (Å²) in [6, 6.07) is 8.10. The standard InChI is InChI=1S/C10H10N2O3/c11-10-5-9(15-12-10)6-14-8-3-1-2-7(13)4-8/h1-5,13H,6H2,(H2,11,12). The van der Waals surface area contributed by atoms with Crippen molar-refractivity contribution in [1.82, 2.24) is 5.16 Å². The average Bonchev–Trinajstić information content (AvgIpc) is 2.62. The van der Waals surface area contributed by atoms with Crippen molar-refractivity contribution in [1.29, 1.82) is 0 Å². The van der Waals surface area contributed by atoms with Crippen LogP contribution in [0.4, 0.5) is 5.82 Å². The highest BCUT2D eigenvalue weighted by Crippen LogP contribution is 2.19. The Bertz CT molecular complexity index is 453. The van der Waals surface area contributed by atoms with Gasteiger partial charge < -0.3 is 20.1 Å². The van der Waals surface area contributed by atoms with Gasteiger partial charge >= 0.3 is 0 Å². The molecular weight excluding hydrogens is 196 g/mol. The number of hydrogen-bond donors (Lipinski definition) is 2. The van der Waals surface area contributed by atoms with Crippen molar-refractivity contribution in [2.45, 2.75) is 6.61 Å². The Kier molecular flexibility index (Phi) is 2.45. The molecule has 0 fully saturated rings. The largest absolute Gasteiger partial charge is 0.508 e. The van der Waals surface area contributed by atoms with E-state index in [4.69, 9.17) is 15.0 Å². The number of aromatic nitrogens is 1. The number of rotatable bonds is 3. The monoisotopic (exact) mass is 206 g/mol. The van der Waals surface area contributed by atoms with Crippen LogP contribution in [-0.2, 0) is 6.61 Å². The van der Waals surface area contributed by atoms with Crippen molar-refractivity contribution in [3.8, 4) is 11.5 Å². The normalized spacial score (nSPS) is 10.1. The van der Waals surface area contributed by atoms with E-state index in [1.54, 1.807) is 24.3 Å². The van der Waals surface area contributed by atoms with Crippen LogP contribution in [0.1, 0.15) is 5.76 Å². The number of phenolic OH excluding ortho intramolecular Hbond substituents is 1. The summed E-state index contributed by atoms with van der Waals surface area (Å²) in [6.45, 7) is 0.230. The van der Waals surface area contributed by atoms with Gasteiger partial charge in [0.05, 0.1) is 0 Å². The third kappa shape index (κ3) is 2.40. The quantitative estimate of drug-likeness (QED) is 0.796. The van der Waals surface area contributed by atoms with Gasteiger partial charge in [-0.2, -0.15) is 0 Å². The van der Waals surface area contributed by atoms with Gasteiger partial charge in [0.1, 0.15) is 18.1 Å². The van der Waals surface area contributed by atoms with Crippen LogP contribution in [0.15, 0.2) is 34.9 Å². The summed E-state index contributed by atoms with van der Waals surface area (Å²) >= 11 is 0. The van der Waals surface area contributed by atoms with Crippen molar-refractivity contribution < 1.29 is 14.4 Å². The minimum absolute atomic E-state index is 0.157. The maximum atomic E-state index is 9.18. The van der Waals surface area contributed by atoms with Gasteiger partial charge in [-0.15, -0.1) is 0 Å². The van der Waals surface area contributed by atoms with Gasteiger partial charge in [-0.05, 0) is 12.1 Å². The van der Waals surface area contributed by atoms with Gasteiger partial charge in [0.2, 0.25) is 0 Å². The van der Waals surface area contributed by atoms with Crippen molar-refractivity contribution in [2.75, 3.05) is 5.73 Å². The zero-order valence-electron chi connectivity index (χ0n) is 7.88. The molecule has 0 atom stereocenters. The first-order valence-electron chi connectivity index (χ1n) is 4.37. The van der Waals surface area contributed by atoms with E-state index < -0.39 is 0 Å². The van der Waals surface area contributed by atoms with Crippen LogP contribution in [0.25, 0.3) is 0 Å². The van der Waals surface area contributed by atoms with Crippen molar-refractivity contribution in [3.05, 3.63) is 36.1 Å². The van der Waals surface area contributed by atoms with Crippen LogP contribution in [0, 0.1) is 0 Å². The summed E-state index contributed by atoms with van der Waals surface area (Å²) in [5.74, 6) is 1.58. The van der Waals surface area contributed by atoms with E-state index in [1.807, 2.05) is 0 Å². The lowest BCUT2D eigenvalue weighted by atomic mass is 10.3. The molecule has 0 bridgehead atoms. The number of nitrogens with zero attached hydrogens (tertiary/aromatic N) is 1. The molecule has 0 saturated heterocycles. The number of ether oxygens (including phenoxy) is 1. The fraction of sp³-hybridized carbons (Fsp3) is 0.100. The van der Waals surface area contributed by atoms with Gasteiger partial charge in [-0.3, -0.25) is 0 Å². The molecule has 0 unspecified atom stereocenters. The molecule has 1 aromatic carbocycles. The molecule has 0 aliphatic rings. The summed E-state index contributed by atoms with van der Waals surface area (Å²) in [5.41, 5.74) is 5.37. The molecule has 0 amide bonds. The first-order chi connectivity index (χ1) is 7.24. The summed E-state index contributed by atoms with van der Waals surface area (Å²) in [4.78, 5) is 0. The number of nitrogen functional groups attached to an aromatic ring is 1. The Labute approximate surface area is 86.1 Å². The maximum Gasteiger partial charge on any atom is 0.176 e. The maximum absolute atomic E-state index is 9.18. The molecule has 0 radical (unpaired) electrons. The number of anilines is 1. The van der Waals surface area contributed by atoms with Crippen molar-refractivity contribution in [2.24, 2.45) is 0 Å². The van der Waals surface area contributed by atoms with Crippen LogP contribution >= 0.6 is 0 Å². The predicted octanol–water partition coefficient (Wildman–Crippen LogP) is 1.54. The Hall–Kier alpha value is -2.17. The molecule has 78 valence electrons. The lowest BCUT2D eigenvalue weighted by Gasteiger charge is -2.03. The third-order valence-corrected chi connectivity index (χ3v) is 1.78. The number of phenols is 1. The third-order valence-electron chi connectivity index (χ3n) is 1.78. The van der Waals surface area contributed by atoms with E-state index in [-0.39, 0.29) is 12.4 Å². The first-order valence-corrected chi connectivity index (χ1v) is 4.37. The van der Waals surface area contributed by atoms with Gasteiger partial charge in [-0.1, -0.05) is 11.2 Å². The molecule has 0 aliphatic heterocycles. The number of aromatic hydroxyl groups is 1. The van der Waals surface area contributed by atoms with Gasteiger partial charge in [0, 0.05) is 12.1 Å². The van der Waals surface area contributed by atoms with E-state index in [0.717, 1.165) is 0 Å².